The molecule has 0 saturated carbocycles. The number of halogens is 1. The topological polar surface area (TPSA) is 47.8 Å². The average Bonchev–Trinajstić information content (AvgIpc) is 3.25. The third-order valence-corrected chi connectivity index (χ3v) is 6.21. The quantitative estimate of drug-likeness (QED) is 0.489. The Bertz CT molecular complexity index is 1110. The van der Waals surface area contributed by atoms with Gasteiger partial charge in [0.2, 0.25) is 5.13 Å². The van der Waals surface area contributed by atoms with E-state index in [9.17, 15) is 4.79 Å². The lowest BCUT2D eigenvalue weighted by Gasteiger charge is -2.23. The van der Waals surface area contributed by atoms with E-state index >= 15 is 0 Å². The smallest absolute Gasteiger partial charge is 0.211 e. The predicted octanol–water partition coefficient (Wildman–Crippen LogP) is 5.05. The van der Waals surface area contributed by atoms with Crippen LogP contribution in [0.15, 0.2) is 54.7 Å². The normalized spacial score (nSPS) is 16.8. The number of fused-ring (bicyclic) bond motifs is 2. The van der Waals surface area contributed by atoms with Gasteiger partial charge in [0.15, 0.2) is 5.78 Å². The van der Waals surface area contributed by atoms with Crippen LogP contribution in [0, 0.1) is 0 Å². The molecule has 2 heterocycles. The van der Waals surface area contributed by atoms with E-state index in [2.05, 4.69) is 10.1 Å². The summed E-state index contributed by atoms with van der Waals surface area (Å²) in [5.74, 6) is 0.178. The van der Waals surface area contributed by atoms with Crippen LogP contribution in [-0.4, -0.2) is 20.5 Å². The van der Waals surface area contributed by atoms with Crippen LogP contribution in [0.2, 0.25) is 5.02 Å². The molecule has 4 nitrogen and oxygen atoms in total. The Morgan fingerprint density at radius 1 is 1.08 bits per heavy atom. The number of Topliss-reactive ketones (excluding diaryl/α,β-unsaturated/α-hetero) is 1. The van der Waals surface area contributed by atoms with Crippen molar-refractivity contribution in [1.82, 2.24) is 14.8 Å². The molecule has 4 aromatic rings. The van der Waals surface area contributed by atoms with Gasteiger partial charge in [-0.05, 0) is 36.1 Å². The van der Waals surface area contributed by atoms with Crippen molar-refractivity contribution in [2.24, 2.45) is 0 Å². The molecule has 0 fully saturated rings. The van der Waals surface area contributed by atoms with Gasteiger partial charge in [0.25, 0.3) is 0 Å². The fourth-order valence-electron chi connectivity index (χ4n) is 3.58. The van der Waals surface area contributed by atoms with Crippen molar-refractivity contribution in [3.8, 4) is 5.13 Å². The lowest BCUT2D eigenvalue weighted by Crippen LogP contribution is -2.20. The molecular formula is C20H14ClN3OS. The van der Waals surface area contributed by atoms with Gasteiger partial charge in [-0.15, -0.1) is 0 Å². The minimum absolute atomic E-state index is 0.0635. The minimum atomic E-state index is 0.0635. The predicted molar refractivity (Wildman–Crippen MR) is 104 cm³/mol. The maximum Gasteiger partial charge on any atom is 0.211 e. The molecule has 0 saturated heterocycles. The Morgan fingerprint density at radius 2 is 1.88 bits per heavy atom. The highest BCUT2D eigenvalue weighted by molar-refractivity contribution is 7.20. The molecule has 5 rings (SSSR count). The number of aromatic nitrogens is 3. The summed E-state index contributed by atoms with van der Waals surface area (Å²) in [4.78, 5) is 17.4. The zero-order valence-electron chi connectivity index (χ0n) is 13.7. The summed E-state index contributed by atoms with van der Waals surface area (Å²) in [6.45, 7) is 0. The highest BCUT2D eigenvalue weighted by atomic mass is 35.5. The molecule has 0 bridgehead atoms. The van der Waals surface area contributed by atoms with Crippen molar-refractivity contribution >= 4 is 38.9 Å². The number of rotatable bonds is 2. The van der Waals surface area contributed by atoms with Crippen LogP contribution in [0.25, 0.3) is 15.3 Å². The Kier molecular flexibility index (Phi) is 3.65. The first kappa shape index (κ1) is 15.7. The molecule has 2 aromatic carbocycles. The minimum Gasteiger partial charge on any atom is -0.294 e. The SMILES string of the molecule is O=C1C[C@H](c2ccccc2Cl)Cc2c1cnn2-c1nc2ccccc2s1. The van der Waals surface area contributed by atoms with Crippen molar-refractivity contribution in [3.05, 3.63) is 76.6 Å². The standard InChI is InChI=1S/C20H14ClN3OS/c21-15-6-2-1-5-13(15)12-9-17-14(18(25)10-12)11-22-24(17)20-23-16-7-3-4-8-19(16)26-20/h1-8,11-12H,9-10H2/t12-/m1/s1. The Labute approximate surface area is 159 Å². The Morgan fingerprint density at radius 3 is 2.73 bits per heavy atom. The summed E-state index contributed by atoms with van der Waals surface area (Å²) in [7, 11) is 0. The molecule has 1 atom stereocenters. The lowest BCUT2D eigenvalue weighted by atomic mass is 9.82. The number of hydrogen-bond acceptors (Lipinski definition) is 4. The summed E-state index contributed by atoms with van der Waals surface area (Å²) in [5, 5.41) is 5.97. The van der Waals surface area contributed by atoms with Gasteiger partial charge >= 0.3 is 0 Å². The summed E-state index contributed by atoms with van der Waals surface area (Å²) < 4.78 is 2.93. The van der Waals surface area contributed by atoms with Gasteiger partial charge < -0.3 is 0 Å². The summed E-state index contributed by atoms with van der Waals surface area (Å²) in [5.41, 5.74) is 3.59. The number of benzene rings is 2. The molecule has 0 radical (unpaired) electrons. The van der Waals surface area contributed by atoms with Crippen molar-refractivity contribution in [2.45, 2.75) is 18.8 Å². The fourth-order valence-corrected chi connectivity index (χ4v) is 4.82. The van der Waals surface area contributed by atoms with Crippen LogP contribution in [0.5, 0.6) is 0 Å². The molecule has 6 heteroatoms. The van der Waals surface area contributed by atoms with E-state index in [-0.39, 0.29) is 11.7 Å². The van der Waals surface area contributed by atoms with Crippen LogP contribution in [0.4, 0.5) is 0 Å². The molecule has 0 unspecified atom stereocenters. The van der Waals surface area contributed by atoms with Gasteiger partial charge in [0.05, 0.1) is 27.7 Å². The maximum absolute atomic E-state index is 12.7. The van der Waals surface area contributed by atoms with Gasteiger partial charge in [0.1, 0.15) is 0 Å². The van der Waals surface area contributed by atoms with E-state index in [1.807, 2.05) is 53.2 Å². The van der Waals surface area contributed by atoms with Crippen LogP contribution in [0.3, 0.4) is 0 Å². The highest BCUT2D eigenvalue weighted by Crippen LogP contribution is 2.37. The molecule has 0 amide bonds. The van der Waals surface area contributed by atoms with Gasteiger partial charge in [0, 0.05) is 11.4 Å². The second kappa shape index (κ2) is 6.04. The van der Waals surface area contributed by atoms with Gasteiger partial charge in [-0.25, -0.2) is 9.67 Å². The van der Waals surface area contributed by atoms with Gasteiger partial charge in [-0.3, -0.25) is 4.79 Å². The number of carbonyl (C=O) groups excluding carboxylic acids is 1. The van der Waals surface area contributed by atoms with Crippen molar-refractivity contribution in [3.63, 3.8) is 0 Å². The van der Waals surface area contributed by atoms with Gasteiger partial charge in [-0.2, -0.15) is 5.10 Å². The molecular weight excluding hydrogens is 366 g/mol. The number of ketones is 1. The molecule has 128 valence electrons. The van der Waals surface area contributed by atoms with E-state index < -0.39 is 0 Å². The van der Waals surface area contributed by atoms with E-state index in [0.717, 1.165) is 33.0 Å². The zero-order chi connectivity index (χ0) is 17.7. The summed E-state index contributed by atoms with van der Waals surface area (Å²) in [6.07, 6.45) is 2.86. The van der Waals surface area contributed by atoms with E-state index in [0.29, 0.717) is 17.0 Å². The molecule has 1 aliphatic carbocycles. The first-order valence-corrected chi connectivity index (χ1v) is 9.60. The monoisotopic (exact) mass is 379 g/mol. The van der Waals surface area contributed by atoms with Crippen molar-refractivity contribution in [2.75, 3.05) is 0 Å². The molecule has 1 aliphatic rings. The van der Waals surface area contributed by atoms with E-state index in [1.54, 1.807) is 17.5 Å². The van der Waals surface area contributed by atoms with Crippen molar-refractivity contribution in [1.29, 1.82) is 0 Å². The third-order valence-electron chi connectivity index (χ3n) is 4.85. The number of thiazole rings is 1. The molecule has 0 aliphatic heterocycles. The third kappa shape index (κ3) is 2.47. The average molecular weight is 380 g/mol. The molecule has 26 heavy (non-hydrogen) atoms. The van der Waals surface area contributed by atoms with Gasteiger partial charge in [-0.1, -0.05) is 53.3 Å². The van der Waals surface area contributed by atoms with Crippen LogP contribution in [-0.2, 0) is 6.42 Å². The second-order valence-corrected chi connectivity index (χ2v) is 7.85. The lowest BCUT2D eigenvalue weighted by molar-refractivity contribution is 0.0964. The molecule has 0 spiro atoms. The number of para-hydroxylation sites is 1. The zero-order valence-corrected chi connectivity index (χ0v) is 15.3. The number of hydrogen-bond donors (Lipinski definition) is 0. The first-order chi connectivity index (χ1) is 12.7. The number of nitrogens with zero attached hydrogens (tertiary/aromatic N) is 3. The summed E-state index contributed by atoms with van der Waals surface area (Å²) >= 11 is 7.95. The first-order valence-electron chi connectivity index (χ1n) is 8.41. The maximum atomic E-state index is 12.7. The molecule has 0 N–H and O–H groups in total. The number of carbonyl (C=O) groups is 1. The summed E-state index contributed by atoms with van der Waals surface area (Å²) in [6, 6.07) is 15.8. The van der Waals surface area contributed by atoms with E-state index in [4.69, 9.17) is 11.6 Å². The van der Waals surface area contributed by atoms with Crippen LogP contribution >= 0.6 is 22.9 Å². The highest BCUT2D eigenvalue weighted by Gasteiger charge is 2.31. The Hall–Kier alpha value is -2.50. The van der Waals surface area contributed by atoms with Crippen LogP contribution < -0.4 is 0 Å². The van der Waals surface area contributed by atoms with E-state index in [1.165, 1.54) is 0 Å². The Balaban J connectivity index is 1.60. The van der Waals surface area contributed by atoms with Crippen LogP contribution in [0.1, 0.15) is 34.0 Å². The van der Waals surface area contributed by atoms with Crippen molar-refractivity contribution < 1.29 is 4.79 Å². The largest absolute Gasteiger partial charge is 0.294 e. The molecule has 2 aromatic heterocycles. The second-order valence-electron chi connectivity index (χ2n) is 6.43. The fraction of sp³-hybridized carbons (Fsp3) is 0.150.